The molecule has 2 aliphatic heterocycles. The molecule has 0 saturated carbocycles. The van der Waals surface area contributed by atoms with Gasteiger partial charge in [-0.3, -0.25) is 14.5 Å². The molecule has 2 amide bonds. The third kappa shape index (κ3) is 6.80. The number of piperazine rings is 1. The second-order valence-corrected chi connectivity index (χ2v) is 12.1. The summed E-state index contributed by atoms with van der Waals surface area (Å²) < 4.78 is 20.9. The van der Waals surface area contributed by atoms with Crippen LogP contribution in [0.15, 0.2) is 110 Å². The van der Waals surface area contributed by atoms with Gasteiger partial charge in [0, 0.05) is 80.4 Å². The fraction of sp³-hybridized carbons (Fsp3) is 0.184. The van der Waals surface area contributed by atoms with Crippen LogP contribution in [0.3, 0.4) is 0 Å². The monoisotopic (exact) mass is 734 g/mol. The third-order valence-electron chi connectivity index (χ3n) is 8.98. The van der Waals surface area contributed by atoms with E-state index >= 15 is 0 Å². The highest BCUT2D eigenvalue weighted by molar-refractivity contribution is 8.93. The molecule has 1 fully saturated rings. The van der Waals surface area contributed by atoms with E-state index in [1.54, 1.807) is 30.5 Å². The van der Waals surface area contributed by atoms with Gasteiger partial charge in [-0.05, 0) is 84.4 Å². The first-order valence-electron chi connectivity index (χ1n) is 16.2. The molecule has 2 aliphatic rings. The maximum absolute atomic E-state index is 13.6. The van der Waals surface area contributed by atoms with E-state index in [1.165, 1.54) is 5.56 Å². The molecule has 8 rings (SSSR count). The molecule has 12 heteroatoms. The van der Waals surface area contributed by atoms with E-state index < -0.39 is 0 Å². The van der Waals surface area contributed by atoms with Gasteiger partial charge in [0.25, 0.3) is 11.8 Å². The van der Waals surface area contributed by atoms with Gasteiger partial charge in [-0.1, -0.05) is 6.07 Å². The number of amides is 2. The fourth-order valence-electron chi connectivity index (χ4n) is 6.30. The Morgan fingerprint density at radius 2 is 1.64 bits per heavy atom. The highest BCUT2D eigenvalue weighted by Gasteiger charge is 2.25. The molecule has 0 bridgehead atoms. The van der Waals surface area contributed by atoms with E-state index in [0.29, 0.717) is 41.7 Å². The van der Waals surface area contributed by atoms with Crippen LogP contribution in [0.2, 0.25) is 0 Å². The standard InChI is InChI=1S/C38H34N6O5.BrH/c1-41-32-11-10-31(49-36-13-7-29(23-39-36)40-37(45)27-5-8-30(9-6-27)43-14-2-3-15-43)21-28(32)22-33(41)38(46)44-18-16-42(17-19-44)24-26-4-12-34-35(20-26)48-25-47-34;/h2-15,20-23H,16-19,24-25H2,1H3,(H,40,45);1H. The van der Waals surface area contributed by atoms with Gasteiger partial charge >= 0.3 is 0 Å². The first-order valence-corrected chi connectivity index (χ1v) is 16.2. The average Bonchev–Trinajstić information content (AvgIpc) is 3.90. The molecule has 5 heterocycles. The molecule has 3 aromatic carbocycles. The van der Waals surface area contributed by atoms with Crippen molar-refractivity contribution < 1.29 is 23.8 Å². The first-order chi connectivity index (χ1) is 24.0. The molecule has 0 atom stereocenters. The van der Waals surface area contributed by atoms with Crippen molar-refractivity contribution in [1.29, 1.82) is 0 Å². The van der Waals surface area contributed by atoms with Crippen molar-refractivity contribution in [3.8, 4) is 28.8 Å². The number of nitrogens with zero attached hydrogens (tertiary/aromatic N) is 5. The highest BCUT2D eigenvalue weighted by Crippen LogP contribution is 2.33. The zero-order valence-corrected chi connectivity index (χ0v) is 29.0. The van der Waals surface area contributed by atoms with E-state index in [4.69, 9.17) is 14.2 Å². The van der Waals surface area contributed by atoms with Gasteiger partial charge in [0.2, 0.25) is 12.7 Å². The number of pyridine rings is 1. The number of anilines is 1. The Morgan fingerprint density at radius 3 is 2.40 bits per heavy atom. The summed E-state index contributed by atoms with van der Waals surface area (Å²) in [6.07, 6.45) is 5.47. The molecule has 1 saturated heterocycles. The minimum absolute atomic E-state index is 0. The Bertz CT molecular complexity index is 2140. The maximum atomic E-state index is 13.6. The van der Waals surface area contributed by atoms with Gasteiger partial charge in [0.15, 0.2) is 11.5 Å². The topological polar surface area (TPSA) is 103 Å². The van der Waals surface area contributed by atoms with Crippen molar-refractivity contribution in [3.63, 3.8) is 0 Å². The molecule has 0 unspecified atom stereocenters. The Hall–Kier alpha value is -5.59. The zero-order chi connectivity index (χ0) is 33.3. The minimum atomic E-state index is -0.225. The molecule has 0 radical (unpaired) electrons. The number of carbonyl (C=O) groups is 2. The summed E-state index contributed by atoms with van der Waals surface area (Å²) in [5.74, 6) is 2.35. The molecule has 50 heavy (non-hydrogen) atoms. The number of ether oxygens (including phenoxy) is 3. The van der Waals surface area contributed by atoms with Gasteiger partial charge in [-0.15, -0.1) is 17.0 Å². The third-order valence-corrected chi connectivity index (χ3v) is 8.98. The van der Waals surface area contributed by atoms with Crippen LogP contribution in [-0.2, 0) is 13.6 Å². The molecular weight excluding hydrogens is 700 g/mol. The Labute approximate surface area is 299 Å². The lowest BCUT2D eigenvalue weighted by Gasteiger charge is -2.34. The summed E-state index contributed by atoms with van der Waals surface area (Å²) in [7, 11) is 1.91. The summed E-state index contributed by atoms with van der Waals surface area (Å²) in [4.78, 5) is 35.1. The average molecular weight is 736 g/mol. The second kappa shape index (κ2) is 14.1. The van der Waals surface area contributed by atoms with Crippen LogP contribution in [0, 0.1) is 0 Å². The highest BCUT2D eigenvalue weighted by atomic mass is 79.9. The number of benzene rings is 3. The maximum Gasteiger partial charge on any atom is 0.270 e. The van der Waals surface area contributed by atoms with Gasteiger partial charge < -0.3 is 33.6 Å². The van der Waals surface area contributed by atoms with E-state index in [9.17, 15) is 9.59 Å². The van der Waals surface area contributed by atoms with E-state index in [0.717, 1.165) is 47.7 Å². The summed E-state index contributed by atoms with van der Waals surface area (Å²) in [6.45, 7) is 3.96. The number of rotatable bonds is 8. The fourth-order valence-corrected chi connectivity index (χ4v) is 6.30. The molecule has 3 aromatic heterocycles. The quantitative estimate of drug-likeness (QED) is 0.186. The van der Waals surface area contributed by atoms with Crippen molar-refractivity contribution in [1.82, 2.24) is 23.9 Å². The molecule has 0 aliphatic carbocycles. The van der Waals surface area contributed by atoms with Crippen LogP contribution >= 0.6 is 17.0 Å². The van der Waals surface area contributed by atoms with Gasteiger partial charge in [-0.25, -0.2) is 4.98 Å². The smallest absolute Gasteiger partial charge is 0.270 e. The summed E-state index contributed by atoms with van der Waals surface area (Å²) in [5.41, 5.74) is 4.82. The molecule has 254 valence electrons. The molecule has 1 N–H and O–H groups in total. The number of halogens is 1. The van der Waals surface area contributed by atoms with E-state index in [1.807, 2.05) is 94.1 Å². The molecular formula is C38H35BrN6O5. The van der Waals surface area contributed by atoms with Crippen molar-refractivity contribution >= 4 is 45.4 Å². The van der Waals surface area contributed by atoms with E-state index in [2.05, 4.69) is 21.3 Å². The lowest BCUT2D eigenvalue weighted by Crippen LogP contribution is -2.48. The number of aromatic nitrogens is 3. The summed E-state index contributed by atoms with van der Waals surface area (Å²) >= 11 is 0. The number of aryl methyl sites for hydroxylation is 1. The predicted molar refractivity (Wildman–Crippen MR) is 195 cm³/mol. The van der Waals surface area contributed by atoms with Crippen LogP contribution in [-0.4, -0.2) is 68.7 Å². The molecule has 6 aromatic rings. The Morgan fingerprint density at radius 1 is 0.860 bits per heavy atom. The molecule has 11 nitrogen and oxygen atoms in total. The lowest BCUT2D eigenvalue weighted by atomic mass is 10.1. The Kier molecular flexibility index (Phi) is 9.29. The van der Waals surface area contributed by atoms with Crippen LogP contribution in [0.5, 0.6) is 23.1 Å². The lowest BCUT2D eigenvalue weighted by molar-refractivity contribution is 0.0619. The van der Waals surface area contributed by atoms with Crippen molar-refractivity contribution in [2.45, 2.75) is 6.54 Å². The van der Waals surface area contributed by atoms with Crippen LogP contribution < -0.4 is 19.5 Å². The van der Waals surface area contributed by atoms with Gasteiger partial charge in [-0.2, -0.15) is 0 Å². The first kappa shape index (κ1) is 32.9. The predicted octanol–water partition coefficient (Wildman–Crippen LogP) is 6.67. The number of carbonyl (C=O) groups excluding carboxylic acids is 2. The minimum Gasteiger partial charge on any atom is -0.454 e. The normalized spacial score (nSPS) is 14.0. The Balaban J connectivity index is 0.00000392. The number of hydrogen-bond donors (Lipinski definition) is 1. The molecule has 0 spiro atoms. The van der Waals surface area contributed by atoms with Gasteiger partial charge in [0.05, 0.1) is 11.9 Å². The number of nitrogens with one attached hydrogen (secondary N) is 1. The SMILES string of the molecule is Br.Cn1c(C(=O)N2CCN(Cc3ccc4c(c3)OCO4)CC2)cc2cc(Oc3ccc(NC(=O)c4ccc(-n5cccc5)cc4)cn3)ccc21. The largest absolute Gasteiger partial charge is 0.454 e. The summed E-state index contributed by atoms with van der Waals surface area (Å²) in [6, 6.07) is 28.4. The zero-order valence-electron chi connectivity index (χ0n) is 27.3. The second-order valence-electron chi connectivity index (χ2n) is 12.1. The number of fused-ring (bicyclic) bond motifs is 2. The van der Waals surface area contributed by atoms with Crippen molar-refractivity contribution in [3.05, 3.63) is 126 Å². The van der Waals surface area contributed by atoms with Crippen LogP contribution in [0.25, 0.3) is 16.6 Å². The van der Waals surface area contributed by atoms with Crippen molar-refractivity contribution in [2.75, 3.05) is 38.3 Å². The summed E-state index contributed by atoms with van der Waals surface area (Å²) in [5, 5.41) is 3.78. The van der Waals surface area contributed by atoms with Gasteiger partial charge in [0.1, 0.15) is 11.4 Å². The van der Waals surface area contributed by atoms with E-state index in [-0.39, 0.29) is 35.6 Å². The number of hydrogen-bond acceptors (Lipinski definition) is 7. The van der Waals surface area contributed by atoms with Crippen molar-refractivity contribution in [2.24, 2.45) is 7.05 Å². The van der Waals surface area contributed by atoms with Crippen LogP contribution in [0.4, 0.5) is 5.69 Å². The van der Waals surface area contributed by atoms with Crippen LogP contribution in [0.1, 0.15) is 26.4 Å².